The van der Waals surface area contributed by atoms with Gasteiger partial charge in [0.05, 0.1) is 24.9 Å². The average molecular weight is 253 g/mol. The van der Waals surface area contributed by atoms with Crippen LogP contribution in [0.3, 0.4) is 0 Å². The van der Waals surface area contributed by atoms with Crippen LogP contribution in [-0.2, 0) is 4.74 Å². The van der Waals surface area contributed by atoms with Crippen molar-refractivity contribution in [3.63, 3.8) is 0 Å². The van der Waals surface area contributed by atoms with Crippen LogP contribution in [0, 0.1) is 0 Å². The summed E-state index contributed by atoms with van der Waals surface area (Å²) in [4.78, 5) is 11.6. The maximum atomic E-state index is 11.6. The van der Waals surface area contributed by atoms with Crippen molar-refractivity contribution in [2.75, 3.05) is 12.3 Å². The van der Waals surface area contributed by atoms with E-state index in [1.54, 1.807) is 11.6 Å². The smallest absolute Gasteiger partial charge is 0.343 e. The number of ether oxygens (including phenoxy) is 1. The second kappa shape index (κ2) is 5.39. The topological polar surface area (TPSA) is 90.4 Å². The Morgan fingerprint density at radius 2 is 2.22 bits per heavy atom. The van der Waals surface area contributed by atoms with Crippen molar-refractivity contribution >= 4 is 11.8 Å². The molecule has 0 radical (unpaired) electrons. The summed E-state index contributed by atoms with van der Waals surface area (Å²) in [6, 6.07) is 0.163. The summed E-state index contributed by atoms with van der Waals surface area (Å²) in [6.07, 6.45) is 4.39. The monoisotopic (exact) mass is 253 g/mol. The molecule has 0 aliphatic heterocycles. The van der Waals surface area contributed by atoms with Gasteiger partial charge in [-0.05, 0) is 32.6 Å². The Labute approximate surface area is 106 Å². The van der Waals surface area contributed by atoms with Gasteiger partial charge in [0, 0.05) is 0 Å². The third-order valence-electron chi connectivity index (χ3n) is 3.34. The zero-order valence-electron chi connectivity index (χ0n) is 10.5. The number of nitrogens with zero attached hydrogens (tertiary/aromatic N) is 2. The first-order chi connectivity index (χ1) is 8.63. The van der Waals surface area contributed by atoms with E-state index in [-0.39, 0.29) is 12.1 Å². The van der Waals surface area contributed by atoms with Crippen molar-refractivity contribution in [2.45, 2.75) is 44.8 Å². The largest absolute Gasteiger partial charge is 0.462 e. The Hall–Kier alpha value is -1.56. The fourth-order valence-electron chi connectivity index (χ4n) is 2.33. The lowest BCUT2D eigenvalue weighted by Gasteiger charge is -2.26. The molecule has 1 saturated carbocycles. The lowest BCUT2D eigenvalue weighted by Crippen LogP contribution is -2.23. The van der Waals surface area contributed by atoms with Crippen LogP contribution in [0.25, 0.3) is 0 Å². The molecule has 0 atom stereocenters. The van der Waals surface area contributed by atoms with Gasteiger partial charge in [-0.1, -0.05) is 0 Å². The van der Waals surface area contributed by atoms with E-state index in [0.29, 0.717) is 18.0 Å². The molecule has 6 heteroatoms. The number of anilines is 1. The zero-order chi connectivity index (χ0) is 13.1. The molecule has 1 aliphatic rings. The van der Waals surface area contributed by atoms with Crippen molar-refractivity contribution in [3.05, 3.63) is 11.8 Å². The van der Waals surface area contributed by atoms with Gasteiger partial charge >= 0.3 is 5.97 Å². The maximum absolute atomic E-state index is 11.6. The van der Waals surface area contributed by atoms with E-state index in [0.717, 1.165) is 25.7 Å². The van der Waals surface area contributed by atoms with Gasteiger partial charge < -0.3 is 15.6 Å². The van der Waals surface area contributed by atoms with E-state index >= 15 is 0 Å². The Morgan fingerprint density at radius 3 is 2.83 bits per heavy atom. The van der Waals surface area contributed by atoms with Gasteiger partial charge in [-0.25, -0.2) is 9.48 Å². The molecule has 0 bridgehead atoms. The third kappa shape index (κ3) is 2.48. The van der Waals surface area contributed by atoms with Gasteiger partial charge in [0.2, 0.25) is 0 Å². The van der Waals surface area contributed by atoms with E-state index in [4.69, 9.17) is 10.5 Å². The van der Waals surface area contributed by atoms with Gasteiger partial charge in [-0.3, -0.25) is 0 Å². The highest BCUT2D eigenvalue weighted by Crippen LogP contribution is 2.30. The molecule has 1 heterocycles. The molecule has 100 valence electrons. The summed E-state index contributed by atoms with van der Waals surface area (Å²) < 4.78 is 6.59. The van der Waals surface area contributed by atoms with Crippen LogP contribution in [0.15, 0.2) is 6.20 Å². The molecule has 1 aromatic heterocycles. The first-order valence-electron chi connectivity index (χ1n) is 6.31. The van der Waals surface area contributed by atoms with Crippen LogP contribution >= 0.6 is 0 Å². The van der Waals surface area contributed by atoms with E-state index < -0.39 is 5.97 Å². The Morgan fingerprint density at radius 1 is 1.56 bits per heavy atom. The first kappa shape index (κ1) is 12.9. The molecule has 0 amide bonds. The number of aromatic nitrogens is 2. The molecule has 0 saturated heterocycles. The van der Waals surface area contributed by atoms with Crippen LogP contribution in [-0.4, -0.2) is 33.6 Å². The van der Waals surface area contributed by atoms with Crippen molar-refractivity contribution in [1.29, 1.82) is 0 Å². The van der Waals surface area contributed by atoms with Crippen LogP contribution in [0.2, 0.25) is 0 Å². The fourth-order valence-corrected chi connectivity index (χ4v) is 2.33. The van der Waals surface area contributed by atoms with Gasteiger partial charge in [0.25, 0.3) is 0 Å². The molecule has 1 aromatic rings. The second-order valence-electron chi connectivity index (χ2n) is 4.57. The predicted octanol–water partition coefficient (Wildman–Crippen LogP) is 1.12. The minimum absolute atomic E-state index is 0.163. The molecule has 0 unspecified atom stereocenters. The third-order valence-corrected chi connectivity index (χ3v) is 3.34. The lowest BCUT2D eigenvalue weighted by atomic mass is 9.93. The second-order valence-corrected chi connectivity index (χ2v) is 4.57. The van der Waals surface area contributed by atoms with Crippen molar-refractivity contribution < 1.29 is 14.6 Å². The highest BCUT2D eigenvalue weighted by Gasteiger charge is 2.25. The summed E-state index contributed by atoms with van der Waals surface area (Å²) >= 11 is 0. The Bertz CT molecular complexity index is 422. The summed E-state index contributed by atoms with van der Waals surface area (Å²) in [6.45, 7) is 2.07. The number of nitrogen functional groups attached to an aromatic ring is 1. The maximum Gasteiger partial charge on any atom is 0.343 e. The SMILES string of the molecule is CCOC(=O)c1cnn([C@H]2CC[C@H](O)CC2)c1N. The molecular weight excluding hydrogens is 234 g/mol. The number of nitrogens with two attached hydrogens (primary N) is 1. The van der Waals surface area contributed by atoms with E-state index in [1.807, 2.05) is 0 Å². The number of hydrogen-bond acceptors (Lipinski definition) is 5. The van der Waals surface area contributed by atoms with Gasteiger partial charge in [0.1, 0.15) is 11.4 Å². The summed E-state index contributed by atoms with van der Waals surface area (Å²) in [5.74, 6) is -0.0769. The quantitative estimate of drug-likeness (QED) is 0.788. The molecule has 0 spiro atoms. The number of aliphatic hydroxyl groups excluding tert-OH is 1. The number of carbonyl (C=O) groups excluding carboxylic acids is 1. The van der Waals surface area contributed by atoms with Crippen LogP contribution in [0.4, 0.5) is 5.82 Å². The minimum atomic E-state index is -0.433. The molecule has 2 rings (SSSR count). The van der Waals surface area contributed by atoms with Gasteiger partial charge in [0.15, 0.2) is 0 Å². The van der Waals surface area contributed by atoms with Crippen molar-refractivity contribution in [1.82, 2.24) is 9.78 Å². The zero-order valence-corrected chi connectivity index (χ0v) is 10.5. The molecule has 18 heavy (non-hydrogen) atoms. The molecule has 1 aliphatic carbocycles. The summed E-state index contributed by atoms with van der Waals surface area (Å²) in [7, 11) is 0. The van der Waals surface area contributed by atoms with Crippen LogP contribution in [0.5, 0.6) is 0 Å². The minimum Gasteiger partial charge on any atom is -0.462 e. The molecule has 3 N–H and O–H groups in total. The van der Waals surface area contributed by atoms with Crippen molar-refractivity contribution in [3.8, 4) is 0 Å². The molecule has 6 nitrogen and oxygen atoms in total. The lowest BCUT2D eigenvalue weighted by molar-refractivity contribution is 0.0527. The standard InChI is InChI=1S/C12H19N3O3/c1-2-18-12(17)10-7-14-15(11(10)13)8-3-5-9(16)6-4-8/h7-9,16H,2-6,13H2,1H3/t8-,9-. The van der Waals surface area contributed by atoms with Crippen LogP contribution < -0.4 is 5.73 Å². The van der Waals surface area contributed by atoms with E-state index in [2.05, 4.69) is 5.10 Å². The number of aliphatic hydroxyl groups is 1. The van der Waals surface area contributed by atoms with Gasteiger partial charge in [-0.2, -0.15) is 5.10 Å². The Kier molecular flexibility index (Phi) is 3.86. The average Bonchev–Trinajstić information content (AvgIpc) is 2.73. The van der Waals surface area contributed by atoms with Gasteiger partial charge in [-0.15, -0.1) is 0 Å². The fraction of sp³-hybridized carbons (Fsp3) is 0.667. The van der Waals surface area contributed by atoms with E-state index in [1.165, 1.54) is 6.20 Å². The summed E-state index contributed by atoms with van der Waals surface area (Å²) in [5.41, 5.74) is 6.26. The molecule has 0 aromatic carbocycles. The number of carbonyl (C=O) groups is 1. The normalized spacial score (nSPS) is 23.9. The summed E-state index contributed by atoms with van der Waals surface area (Å²) in [5, 5.41) is 13.6. The Balaban J connectivity index is 2.13. The highest BCUT2D eigenvalue weighted by molar-refractivity contribution is 5.93. The van der Waals surface area contributed by atoms with E-state index in [9.17, 15) is 9.90 Å². The number of esters is 1. The van der Waals surface area contributed by atoms with Crippen molar-refractivity contribution in [2.24, 2.45) is 0 Å². The molecular formula is C12H19N3O3. The molecule has 1 fully saturated rings. The highest BCUT2D eigenvalue weighted by atomic mass is 16.5. The van der Waals surface area contributed by atoms with Crippen LogP contribution in [0.1, 0.15) is 49.0 Å². The number of hydrogen-bond donors (Lipinski definition) is 2. The number of rotatable bonds is 3. The predicted molar refractivity (Wildman–Crippen MR) is 66.1 cm³/mol. The first-order valence-corrected chi connectivity index (χ1v) is 6.31.